The Labute approximate surface area is 176 Å². The van der Waals surface area contributed by atoms with Crippen LogP contribution < -0.4 is 4.80 Å². The predicted molar refractivity (Wildman–Crippen MR) is 122 cm³/mol. The minimum Gasteiger partial charge on any atom is -0.311 e. The van der Waals surface area contributed by atoms with E-state index in [1.807, 2.05) is 18.2 Å². The molecule has 6 nitrogen and oxygen atoms in total. The molecule has 0 spiro atoms. The number of nitrogens with zero attached hydrogens (tertiary/aromatic N) is 4. The maximum atomic E-state index is 10.7. The molecule has 0 bridgehead atoms. The van der Waals surface area contributed by atoms with Gasteiger partial charge in [0.25, 0.3) is 5.69 Å². The number of aromatic nitrogens is 1. The number of allylic oxidation sites excluding steroid dienone is 1. The number of nitro benzene ring substituents is 1. The first kappa shape index (κ1) is 19.5. The van der Waals surface area contributed by atoms with E-state index < -0.39 is 4.92 Å². The van der Waals surface area contributed by atoms with Gasteiger partial charge in [-0.1, -0.05) is 42.5 Å². The molecule has 4 aromatic rings. The fourth-order valence-electron chi connectivity index (χ4n) is 3.12. The van der Waals surface area contributed by atoms with Crippen molar-refractivity contribution in [2.24, 2.45) is 10.2 Å². The van der Waals surface area contributed by atoms with Crippen molar-refractivity contribution in [1.82, 2.24) is 4.57 Å². The summed E-state index contributed by atoms with van der Waals surface area (Å²) in [4.78, 5) is 11.1. The number of fused-ring (bicyclic) bond motifs is 1. The highest BCUT2D eigenvalue weighted by molar-refractivity contribution is 7.07. The average Bonchev–Trinajstić information content (AvgIpc) is 3.16. The second-order valence-corrected chi connectivity index (χ2v) is 7.39. The Balaban J connectivity index is 1.67. The summed E-state index contributed by atoms with van der Waals surface area (Å²) in [5, 5.41) is 23.7. The molecule has 0 radical (unpaired) electrons. The lowest BCUT2D eigenvalue weighted by atomic mass is 10.1. The molecule has 0 saturated carbocycles. The van der Waals surface area contributed by atoms with Gasteiger partial charge in [-0.05, 0) is 40.1 Å². The van der Waals surface area contributed by atoms with Crippen LogP contribution in [0, 0.1) is 10.1 Å². The number of non-ortho nitro benzene ring substituents is 1. The molecule has 0 atom stereocenters. The predicted octanol–water partition coefficient (Wildman–Crippen LogP) is 5.40. The maximum Gasteiger partial charge on any atom is 0.269 e. The quantitative estimate of drug-likeness (QED) is 0.183. The SMILES string of the molecule is C=CCn1c(-c2ccc3ccccc3c2)cs/c1=N\N=C/c1ccc([N+](=O)[O-])cc1. The highest BCUT2D eigenvalue weighted by atomic mass is 32.1. The molecule has 0 unspecified atom stereocenters. The molecule has 0 aliphatic heterocycles. The molecule has 30 heavy (non-hydrogen) atoms. The van der Waals surface area contributed by atoms with Crippen molar-refractivity contribution in [1.29, 1.82) is 0 Å². The molecular formula is C23H18N4O2S. The lowest BCUT2D eigenvalue weighted by Gasteiger charge is -2.07. The van der Waals surface area contributed by atoms with E-state index in [1.54, 1.807) is 18.3 Å². The van der Waals surface area contributed by atoms with Crippen LogP contribution in [0.25, 0.3) is 22.0 Å². The van der Waals surface area contributed by atoms with Gasteiger partial charge in [0.15, 0.2) is 0 Å². The Morgan fingerprint density at radius 1 is 1.07 bits per heavy atom. The zero-order valence-electron chi connectivity index (χ0n) is 16.0. The van der Waals surface area contributed by atoms with Crippen molar-refractivity contribution in [2.75, 3.05) is 0 Å². The topological polar surface area (TPSA) is 72.8 Å². The Morgan fingerprint density at radius 2 is 1.83 bits per heavy atom. The van der Waals surface area contributed by atoms with Crippen LogP contribution in [0.5, 0.6) is 0 Å². The van der Waals surface area contributed by atoms with E-state index in [2.05, 4.69) is 57.1 Å². The van der Waals surface area contributed by atoms with Crippen molar-refractivity contribution >= 4 is 34.0 Å². The first-order valence-electron chi connectivity index (χ1n) is 9.25. The van der Waals surface area contributed by atoms with Gasteiger partial charge in [-0.25, -0.2) is 0 Å². The van der Waals surface area contributed by atoms with Crippen molar-refractivity contribution in [3.63, 3.8) is 0 Å². The number of rotatable bonds is 6. The molecule has 7 heteroatoms. The Morgan fingerprint density at radius 3 is 2.57 bits per heavy atom. The summed E-state index contributed by atoms with van der Waals surface area (Å²) in [6.07, 6.45) is 3.41. The maximum absolute atomic E-state index is 10.7. The molecular weight excluding hydrogens is 396 g/mol. The number of nitro groups is 1. The van der Waals surface area contributed by atoms with Crippen molar-refractivity contribution in [2.45, 2.75) is 6.54 Å². The van der Waals surface area contributed by atoms with Crippen LogP contribution in [0.1, 0.15) is 5.56 Å². The third-order valence-electron chi connectivity index (χ3n) is 4.61. The second-order valence-electron chi connectivity index (χ2n) is 6.56. The summed E-state index contributed by atoms with van der Waals surface area (Å²) in [5.41, 5.74) is 2.94. The molecule has 148 valence electrons. The average molecular weight is 414 g/mol. The highest BCUT2D eigenvalue weighted by Gasteiger charge is 2.08. The summed E-state index contributed by atoms with van der Waals surface area (Å²) in [5.74, 6) is 0. The highest BCUT2D eigenvalue weighted by Crippen LogP contribution is 2.25. The van der Waals surface area contributed by atoms with Crippen LogP contribution in [0.3, 0.4) is 0 Å². The van der Waals surface area contributed by atoms with Gasteiger partial charge in [-0.15, -0.1) is 23.0 Å². The second kappa shape index (κ2) is 8.67. The molecule has 4 rings (SSSR count). The molecule has 1 aromatic heterocycles. The first-order valence-corrected chi connectivity index (χ1v) is 10.1. The van der Waals surface area contributed by atoms with Gasteiger partial charge in [0, 0.05) is 24.1 Å². The fourth-order valence-corrected chi connectivity index (χ4v) is 4.00. The Kier molecular flexibility index (Phi) is 5.63. The van der Waals surface area contributed by atoms with E-state index >= 15 is 0 Å². The van der Waals surface area contributed by atoms with Crippen LogP contribution in [-0.4, -0.2) is 15.7 Å². The van der Waals surface area contributed by atoms with Crippen molar-refractivity contribution < 1.29 is 4.92 Å². The molecule has 0 saturated heterocycles. The molecule has 0 aliphatic carbocycles. The summed E-state index contributed by atoms with van der Waals surface area (Å²) < 4.78 is 2.06. The van der Waals surface area contributed by atoms with E-state index in [0.29, 0.717) is 6.54 Å². The molecule has 3 aromatic carbocycles. The third-order valence-corrected chi connectivity index (χ3v) is 5.46. The van der Waals surface area contributed by atoms with Crippen LogP contribution in [0.2, 0.25) is 0 Å². The van der Waals surface area contributed by atoms with Gasteiger partial charge >= 0.3 is 0 Å². The summed E-state index contributed by atoms with van der Waals surface area (Å²) in [7, 11) is 0. The molecule has 0 N–H and O–H groups in total. The lowest BCUT2D eigenvalue weighted by Crippen LogP contribution is -2.14. The number of thiazole rings is 1. The van der Waals surface area contributed by atoms with E-state index in [4.69, 9.17) is 0 Å². The van der Waals surface area contributed by atoms with Crippen LogP contribution in [-0.2, 0) is 6.54 Å². The van der Waals surface area contributed by atoms with Crippen LogP contribution in [0.15, 0.2) is 95.0 Å². The Bertz CT molecular complexity index is 1320. The molecule has 0 amide bonds. The summed E-state index contributed by atoms with van der Waals surface area (Å²) in [6, 6.07) is 20.8. The van der Waals surface area contributed by atoms with E-state index in [-0.39, 0.29) is 5.69 Å². The van der Waals surface area contributed by atoms with Gasteiger partial charge < -0.3 is 4.57 Å². The first-order chi connectivity index (χ1) is 14.7. The van der Waals surface area contributed by atoms with Crippen molar-refractivity contribution in [3.8, 4) is 11.3 Å². The monoisotopic (exact) mass is 414 g/mol. The molecule has 0 fully saturated rings. The van der Waals surface area contributed by atoms with Gasteiger partial charge in [-0.3, -0.25) is 10.1 Å². The third kappa shape index (κ3) is 4.11. The van der Waals surface area contributed by atoms with Crippen molar-refractivity contribution in [3.05, 3.63) is 105 Å². The van der Waals surface area contributed by atoms with Gasteiger partial charge in [0.2, 0.25) is 4.80 Å². The zero-order chi connectivity index (χ0) is 20.9. The standard InChI is InChI=1S/C23H18N4O2S/c1-2-13-26-22(20-10-9-18-5-3-4-6-19(18)14-20)16-30-23(26)25-24-15-17-7-11-21(12-8-17)27(28)29/h2-12,14-16H,1,13H2/b24-15-,25-23-. The largest absolute Gasteiger partial charge is 0.311 e. The number of hydrogen-bond acceptors (Lipinski definition) is 5. The Hall–Kier alpha value is -3.84. The van der Waals surface area contributed by atoms with Gasteiger partial charge in [0.05, 0.1) is 16.8 Å². The van der Waals surface area contributed by atoms with E-state index in [0.717, 1.165) is 21.6 Å². The van der Waals surface area contributed by atoms with E-state index in [9.17, 15) is 10.1 Å². The molecule has 1 heterocycles. The van der Waals surface area contributed by atoms with Gasteiger partial charge in [-0.2, -0.15) is 5.10 Å². The minimum atomic E-state index is -0.427. The smallest absolute Gasteiger partial charge is 0.269 e. The summed E-state index contributed by atoms with van der Waals surface area (Å²) >= 11 is 1.50. The van der Waals surface area contributed by atoms with Gasteiger partial charge in [0.1, 0.15) is 0 Å². The number of hydrogen-bond donors (Lipinski definition) is 0. The number of benzene rings is 3. The van der Waals surface area contributed by atoms with Crippen LogP contribution >= 0.6 is 11.3 Å². The zero-order valence-corrected chi connectivity index (χ0v) is 16.8. The van der Waals surface area contributed by atoms with Crippen LogP contribution in [0.4, 0.5) is 5.69 Å². The minimum absolute atomic E-state index is 0.0474. The fraction of sp³-hybridized carbons (Fsp3) is 0.0435. The lowest BCUT2D eigenvalue weighted by molar-refractivity contribution is -0.384. The normalized spacial score (nSPS) is 11.9. The van der Waals surface area contributed by atoms with E-state index in [1.165, 1.54) is 34.2 Å². The summed E-state index contributed by atoms with van der Waals surface area (Å²) in [6.45, 7) is 4.47. The molecule has 0 aliphatic rings.